The molecule has 0 unspecified atom stereocenters. The van der Waals surface area contributed by atoms with Crippen LogP contribution >= 0.6 is 0 Å². The van der Waals surface area contributed by atoms with Crippen LogP contribution in [-0.2, 0) is 6.54 Å². The number of rotatable bonds is 4. The summed E-state index contributed by atoms with van der Waals surface area (Å²) in [7, 11) is 1.64. The van der Waals surface area contributed by atoms with E-state index in [1.165, 1.54) is 0 Å². The van der Waals surface area contributed by atoms with E-state index in [2.05, 4.69) is 12.2 Å². The number of nitrogens with two attached hydrogens (primary N) is 1. The van der Waals surface area contributed by atoms with E-state index in [1.807, 2.05) is 24.3 Å². The molecule has 0 saturated carbocycles. The predicted octanol–water partition coefficient (Wildman–Crippen LogP) is 1.82. The summed E-state index contributed by atoms with van der Waals surface area (Å²) in [5.74, 6) is 0. The van der Waals surface area contributed by atoms with Crippen molar-refractivity contribution in [3.63, 3.8) is 0 Å². The highest BCUT2D eigenvalue weighted by Crippen LogP contribution is 2.10. The molecule has 0 saturated heterocycles. The van der Waals surface area contributed by atoms with Crippen LogP contribution in [0, 0.1) is 0 Å². The van der Waals surface area contributed by atoms with Crippen LogP contribution < -0.4 is 11.1 Å². The van der Waals surface area contributed by atoms with Gasteiger partial charge in [-0.1, -0.05) is 19.1 Å². The molecule has 0 atom stereocenters. The lowest BCUT2D eigenvalue weighted by atomic mass is 10.2. The topological polar surface area (TPSA) is 58.4 Å². The number of anilines is 1. The first-order valence-corrected chi connectivity index (χ1v) is 5.48. The molecule has 16 heavy (non-hydrogen) atoms. The minimum atomic E-state index is -0.0516. The molecule has 1 aromatic carbocycles. The van der Waals surface area contributed by atoms with E-state index in [0.717, 1.165) is 24.2 Å². The molecule has 2 amide bonds. The van der Waals surface area contributed by atoms with E-state index >= 15 is 0 Å². The van der Waals surface area contributed by atoms with E-state index < -0.39 is 0 Å². The number of urea groups is 1. The highest BCUT2D eigenvalue weighted by molar-refractivity contribution is 5.73. The lowest BCUT2D eigenvalue weighted by Gasteiger charge is -2.21. The van der Waals surface area contributed by atoms with Gasteiger partial charge < -0.3 is 16.0 Å². The minimum Gasteiger partial charge on any atom is -0.399 e. The fourth-order valence-electron chi connectivity index (χ4n) is 1.59. The Morgan fingerprint density at radius 2 is 2.25 bits per heavy atom. The summed E-state index contributed by atoms with van der Waals surface area (Å²) >= 11 is 0. The van der Waals surface area contributed by atoms with Gasteiger partial charge in [-0.2, -0.15) is 0 Å². The van der Waals surface area contributed by atoms with Gasteiger partial charge in [0, 0.05) is 25.8 Å². The maximum Gasteiger partial charge on any atom is 0.317 e. The molecule has 0 aliphatic heterocycles. The van der Waals surface area contributed by atoms with Gasteiger partial charge in [-0.05, 0) is 24.1 Å². The number of nitrogens with zero attached hydrogens (tertiary/aromatic N) is 1. The molecular formula is C12H19N3O. The van der Waals surface area contributed by atoms with Crippen LogP contribution in [0.4, 0.5) is 10.5 Å². The molecule has 0 aliphatic carbocycles. The number of carbonyl (C=O) groups excluding carboxylic acids is 1. The second-order valence-electron chi connectivity index (χ2n) is 3.72. The summed E-state index contributed by atoms with van der Waals surface area (Å²) in [6, 6.07) is 7.56. The van der Waals surface area contributed by atoms with Crippen LogP contribution in [0.2, 0.25) is 0 Å². The average molecular weight is 221 g/mol. The maximum atomic E-state index is 11.6. The van der Waals surface area contributed by atoms with Crippen LogP contribution in [0.15, 0.2) is 24.3 Å². The number of nitrogen functional groups attached to an aromatic ring is 1. The number of benzene rings is 1. The smallest absolute Gasteiger partial charge is 0.317 e. The van der Waals surface area contributed by atoms with Gasteiger partial charge in [0.1, 0.15) is 0 Å². The quantitative estimate of drug-likeness (QED) is 0.762. The fourth-order valence-corrected chi connectivity index (χ4v) is 1.59. The van der Waals surface area contributed by atoms with Gasteiger partial charge in [0.05, 0.1) is 0 Å². The molecule has 4 nitrogen and oxygen atoms in total. The molecule has 1 aromatic rings. The van der Waals surface area contributed by atoms with Crippen molar-refractivity contribution in [2.24, 2.45) is 0 Å². The number of carbonyl (C=O) groups is 1. The summed E-state index contributed by atoms with van der Waals surface area (Å²) in [4.78, 5) is 13.3. The minimum absolute atomic E-state index is 0.0516. The van der Waals surface area contributed by atoms with Gasteiger partial charge in [0.2, 0.25) is 0 Å². The second kappa shape index (κ2) is 6.00. The van der Waals surface area contributed by atoms with Gasteiger partial charge in [-0.3, -0.25) is 0 Å². The number of hydrogen-bond donors (Lipinski definition) is 2. The molecule has 0 aromatic heterocycles. The monoisotopic (exact) mass is 221 g/mol. The summed E-state index contributed by atoms with van der Waals surface area (Å²) in [5.41, 5.74) is 7.48. The SMILES string of the molecule is CCCN(Cc1cccc(N)c1)C(=O)NC. The van der Waals surface area contributed by atoms with Crippen molar-refractivity contribution >= 4 is 11.7 Å². The molecule has 0 radical (unpaired) electrons. The number of hydrogen-bond acceptors (Lipinski definition) is 2. The molecule has 4 heteroatoms. The van der Waals surface area contributed by atoms with Crippen LogP contribution in [0.25, 0.3) is 0 Å². The zero-order valence-electron chi connectivity index (χ0n) is 9.86. The summed E-state index contributed by atoms with van der Waals surface area (Å²) in [6.07, 6.45) is 0.940. The largest absolute Gasteiger partial charge is 0.399 e. The van der Waals surface area contributed by atoms with Crippen molar-refractivity contribution in [3.05, 3.63) is 29.8 Å². The number of nitrogens with one attached hydrogen (secondary N) is 1. The Bertz CT molecular complexity index is 352. The van der Waals surface area contributed by atoms with Gasteiger partial charge >= 0.3 is 6.03 Å². The maximum absolute atomic E-state index is 11.6. The van der Waals surface area contributed by atoms with E-state index in [0.29, 0.717) is 6.54 Å². The summed E-state index contributed by atoms with van der Waals surface area (Å²) < 4.78 is 0. The third-order valence-electron chi connectivity index (χ3n) is 2.32. The lowest BCUT2D eigenvalue weighted by molar-refractivity contribution is 0.197. The Balaban J connectivity index is 2.71. The van der Waals surface area contributed by atoms with Crippen molar-refractivity contribution in [2.45, 2.75) is 19.9 Å². The van der Waals surface area contributed by atoms with E-state index in [1.54, 1.807) is 11.9 Å². The Kier molecular flexibility index (Phi) is 4.64. The second-order valence-corrected chi connectivity index (χ2v) is 3.72. The first kappa shape index (κ1) is 12.4. The molecule has 0 heterocycles. The Hall–Kier alpha value is -1.71. The highest BCUT2D eigenvalue weighted by Gasteiger charge is 2.10. The van der Waals surface area contributed by atoms with Crippen LogP contribution in [0.1, 0.15) is 18.9 Å². The summed E-state index contributed by atoms with van der Waals surface area (Å²) in [5, 5.41) is 2.64. The van der Waals surface area contributed by atoms with E-state index in [9.17, 15) is 4.79 Å². The Morgan fingerprint density at radius 3 is 2.81 bits per heavy atom. The lowest BCUT2D eigenvalue weighted by Crippen LogP contribution is -2.38. The first-order chi connectivity index (χ1) is 7.67. The molecule has 3 N–H and O–H groups in total. The zero-order valence-corrected chi connectivity index (χ0v) is 9.86. The molecule has 1 rings (SSSR count). The van der Waals surface area contributed by atoms with Gasteiger partial charge in [0.25, 0.3) is 0 Å². The standard InChI is InChI=1S/C12H19N3O/c1-3-7-15(12(16)14-2)9-10-5-4-6-11(13)8-10/h4-6,8H,3,7,9,13H2,1-2H3,(H,14,16). The molecule has 88 valence electrons. The van der Waals surface area contributed by atoms with E-state index in [-0.39, 0.29) is 6.03 Å². The predicted molar refractivity (Wildman–Crippen MR) is 66.0 cm³/mol. The fraction of sp³-hybridized carbons (Fsp3) is 0.417. The van der Waals surface area contributed by atoms with Crippen LogP contribution in [-0.4, -0.2) is 24.5 Å². The van der Waals surface area contributed by atoms with Crippen LogP contribution in [0.5, 0.6) is 0 Å². The Labute approximate surface area is 96.4 Å². The molecule has 0 fully saturated rings. The van der Waals surface area contributed by atoms with Gasteiger partial charge in [0.15, 0.2) is 0 Å². The normalized spacial score (nSPS) is 9.88. The third-order valence-corrected chi connectivity index (χ3v) is 2.32. The summed E-state index contributed by atoms with van der Waals surface area (Å²) in [6.45, 7) is 3.39. The zero-order chi connectivity index (χ0) is 12.0. The van der Waals surface area contributed by atoms with Crippen molar-refractivity contribution in [1.29, 1.82) is 0 Å². The van der Waals surface area contributed by atoms with Crippen molar-refractivity contribution in [1.82, 2.24) is 10.2 Å². The van der Waals surface area contributed by atoms with E-state index in [4.69, 9.17) is 5.73 Å². The van der Waals surface area contributed by atoms with Crippen molar-refractivity contribution in [3.8, 4) is 0 Å². The first-order valence-electron chi connectivity index (χ1n) is 5.48. The number of amides is 2. The van der Waals surface area contributed by atoms with Crippen LogP contribution in [0.3, 0.4) is 0 Å². The molecule has 0 aliphatic rings. The molecule has 0 spiro atoms. The third kappa shape index (κ3) is 3.46. The van der Waals surface area contributed by atoms with Crippen molar-refractivity contribution in [2.75, 3.05) is 19.3 Å². The molecule has 0 bridgehead atoms. The van der Waals surface area contributed by atoms with Gasteiger partial charge in [-0.25, -0.2) is 4.79 Å². The average Bonchev–Trinajstić information content (AvgIpc) is 2.27. The highest BCUT2D eigenvalue weighted by atomic mass is 16.2. The van der Waals surface area contributed by atoms with Crippen molar-refractivity contribution < 1.29 is 4.79 Å². The molecular weight excluding hydrogens is 202 g/mol. The van der Waals surface area contributed by atoms with Gasteiger partial charge in [-0.15, -0.1) is 0 Å². The Morgan fingerprint density at radius 1 is 1.50 bits per heavy atom.